The summed E-state index contributed by atoms with van der Waals surface area (Å²) in [5.41, 5.74) is 1.40. The first-order valence-corrected chi connectivity index (χ1v) is 6.24. The van der Waals surface area contributed by atoms with Crippen molar-refractivity contribution in [1.82, 2.24) is 10.2 Å². The van der Waals surface area contributed by atoms with Gasteiger partial charge in [-0.1, -0.05) is 28.1 Å². The van der Waals surface area contributed by atoms with E-state index in [4.69, 9.17) is 0 Å². The molecular formula is C12H17BrN2. The normalized spacial score (nSPS) is 18.5. The van der Waals surface area contributed by atoms with Crippen LogP contribution in [0.15, 0.2) is 28.7 Å². The molecule has 1 aromatic rings. The fourth-order valence-corrected chi connectivity index (χ4v) is 2.43. The largest absolute Gasteiger partial charge is 0.318 e. The maximum Gasteiger partial charge on any atom is 0.0472 e. The van der Waals surface area contributed by atoms with E-state index in [1.54, 1.807) is 0 Å². The quantitative estimate of drug-likeness (QED) is 0.903. The van der Waals surface area contributed by atoms with Gasteiger partial charge < -0.3 is 5.32 Å². The van der Waals surface area contributed by atoms with Crippen LogP contribution in [0.5, 0.6) is 0 Å². The van der Waals surface area contributed by atoms with Gasteiger partial charge in [0.05, 0.1) is 0 Å². The molecule has 1 atom stereocenters. The van der Waals surface area contributed by atoms with Gasteiger partial charge in [0.2, 0.25) is 0 Å². The molecule has 0 aliphatic carbocycles. The van der Waals surface area contributed by atoms with Gasteiger partial charge in [-0.25, -0.2) is 0 Å². The third kappa shape index (κ3) is 2.60. The van der Waals surface area contributed by atoms with Crippen LogP contribution in [0.25, 0.3) is 0 Å². The van der Waals surface area contributed by atoms with E-state index in [1.165, 1.54) is 29.5 Å². The van der Waals surface area contributed by atoms with Crippen molar-refractivity contribution >= 4 is 15.9 Å². The van der Waals surface area contributed by atoms with Crippen molar-refractivity contribution in [2.75, 3.05) is 26.7 Å². The zero-order valence-corrected chi connectivity index (χ0v) is 10.6. The van der Waals surface area contributed by atoms with Crippen LogP contribution in [0.1, 0.15) is 18.0 Å². The Morgan fingerprint density at radius 1 is 1.47 bits per heavy atom. The summed E-state index contributed by atoms with van der Waals surface area (Å²) < 4.78 is 1.17. The van der Waals surface area contributed by atoms with E-state index >= 15 is 0 Å². The van der Waals surface area contributed by atoms with Gasteiger partial charge in [0.1, 0.15) is 0 Å². The van der Waals surface area contributed by atoms with E-state index in [0.29, 0.717) is 6.04 Å². The lowest BCUT2D eigenvalue weighted by Gasteiger charge is -2.38. The van der Waals surface area contributed by atoms with Crippen molar-refractivity contribution in [3.05, 3.63) is 34.3 Å². The van der Waals surface area contributed by atoms with E-state index in [-0.39, 0.29) is 0 Å². The number of nitrogens with zero attached hydrogens (tertiary/aromatic N) is 1. The van der Waals surface area contributed by atoms with Crippen molar-refractivity contribution in [1.29, 1.82) is 0 Å². The lowest BCUT2D eigenvalue weighted by atomic mass is 10.0. The summed E-state index contributed by atoms with van der Waals surface area (Å²) in [6.07, 6.45) is 1.34. The molecule has 0 aromatic heterocycles. The third-order valence-electron chi connectivity index (χ3n) is 2.96. The summed E-state index contributed by atoms with van der Waals surface area (Å²) in [4.78, 5) is 2.53. The van der Waals surface area contributed by atoms with Crippen LogP contribution < -0.4 is 5.32 Å². The molecule has 1 saturated heterocycles. The Hall–Kier alpha value is -0.380. The van der Waals surface area contributed by atoms with Crippen LogP contribution in [-0.2, 0) is 0 Å². The van der Waals surface area contributed by atoms with E-state index < -0.39 is 0 Å². The summed E-state index contributed by atoms with van der Waals surface area (Å²) in [5, 5.41) is 3.28. The smallest absolute Gasteiger partial charge is 0.0472 e. The van der Waals surface area contributed by atoms with Gasteiger partial charge >= 0.3 is 0 Å². The maximum absolute atomic E-state index is 3.53. The van der Waals surface area contributed by atoms with Crippen molar-refractivity contribution in [3.63, 3.8) is 0 Å². The SMILES string of the molecule is CNCC(c1cccc(Br)c1)N1CCC1. The van der Waals surface area contributed by atoms with Crippen LogP contribution in [0, 0.1) is 0 Å². The molecular weight excluding hydrogens is 252 g/mol. The highest BCUT2D eigenvalue weighted by atomic mass is 79.9. The highest BCUT2D eigenvalue weighted by Crippen LogP contribution is 2.26. The Kier molecular flexibility index (Phi) is 3.78. The average molecular weight is 269 g/mol. The van der Waals surface area contributed by atoms with Gasteiger partial charge in [0.25, 0.3) is 0 Å². The molecule has 15 heavy (non-hydrogen) atoms. The Balaban J connectivity index is 2.15. The molecule has 1 aromatic carbocycles. The van der Waals surface area contributed by atoms with E-state index in [9.17, 15) is 0 Å². The molecule has 0 radical (unpaired) electrons. The molecule has 1 aliphatic rings. The maximum atomic E-state index is 3.53. The molecule has 0 bridgehead atoms. The van der Waals surface area contributed by atoms with Crippen LogP contribution in [0.4, 0.5) is 0 Å². The molecule has 1 fully saturated rings. The first-order chi connectivity index (χ1) is 7.31. The second-order valence-corrected chi connectivity index (χ2v) is 4.93. The van der Waals surface area contributed by atoms with Gasteiger partial charge in [-0.15, -0.1) is 0 Å². The first kappa shape index (κ1) is 11.1. The minimum Gasteiger partial charge on any atom is -0.318 e. The zero-order valence-electron chi connectivity index (χ0n) is 9.04. The van der Waals surface area contributed by atoms with Gasteiger partial charge in [-0.2, -0.15) is 0 Å². The van der Waals surface area contributed by atoms with Crippen LogP contribution in [0.2, 0.25) is 0 Å². The van der Waals surface area contributed by atoms with Crippen LogP contribution in [-0.4, -0.2) is 31.6 Å². The number of halogens is 1. The Bertz CT molecular complexity index is 323. The summed E-state index contributed by atoms with van der Waals surface area (Å²) in [6.45, 7) is 3.49. The molecule has 1 aliphatic heterocycles. The standard InChI is InChI=1S/C12H17BrN2/c1-14-9-12(15-6-3-7-15)10-4-2-5-11(13)8-10/h2,4-5,8,12,14H,3,6-7,9H2,1H3. The van der Waals surface area contributed by atoms with Crippen molar-refractivity contribution < 1.29 is 0 Å². The van der Waals surface area contributed by atoms with Crippen LogP contribution >= 0.6 is 15.9 Å². The zero-order chi connectivity index (χ0) is 10.7. The topological polar surface area (TPSA) is 15.3 Å². The molecule has 2 nitrogen and oxygen atoms in total. The second-order valence-electron chi connectivity index (χ2n) is 4.02. The number of benzene rings is 1. The van der Waals surface area contributed by atoms with E-state index in [0.717, 1.165) is 6.54 Å². The monoisotopic (exact) mass is 268 g/mol. The summed E-state index contributed by atoms with van der Waals surface area (Å²) in [6, 6.07) is 9.16. The minimum absolute atomic E-state index is 0.529. The summed E-state index contributed by atoms with van der Waals surface area (Å²) >= 11 is 3.53. The predicted molar refractivity (Wildman–Crippen MR) is 67.0 cm³/mol. The predicted octanol–water partition coefficient (Wildman–Crippen LogP) is 2.42. The van der Waals surface area contributed by atoms with Gasteiger partial charge in [-0.3, -0.25) is 4.90 Å². The second kappa shape index (κ2) is 5.10. The highest BCUT2D eigenvalue weighted by Gasteiger charge is 2.24. The number of rotatable bonds is 4. The summed E-state index contributed by atoms with van der Waals surface area (Å²) in [5.74, 6) is 0. The third-order valence-corrected chi connectivity index (χ3v) is 3.46. The fraction of sp³-hybridized carbons (Fsp3) is 0.500. The minimum atomic E-state index is 0.529. The molecule has 2 rings (SSSR count). The van der Waals surface area contributed by atoms with Crippen LogP contribution in [0.3, 0.4) is 0 Å². The Morgan fingerprint density at radius 2 is 2.27 bits per heavy atom. The van der Waals surface area contributed by atoms with E-state index in [1.807, 2.05) is 7.05 Å². The lowest BCUT2D eigenvalue weighted by molar-refractivity contribution is 0.117. The number of hydrogen-bond donors (Lipinski definition) is 1. The number of nitrogens with one attached hydrogen (secondary N) is 1. The molecule has 0 saturated carbocycles. The summed E-state index contributed by atoms with van der Waals surface area (Å²) in [7, 11) is 2.02. The molecule has 0 amide bonds. The molecule has 82 valence electrons. The van der Waals surface area contributed by atoms with Crippen molar-refractivity contribution in [3.8, 4) is 0 Å². The lowest BCUT2D eigenvalue weighted by Crippen LogP contribution is -2.43. The molecule has 0 spiro atoms. The number of hydrogen-bond acceptors (Lipinski definition) is 2. The Labute approximate surface area is 99.8 Å². The first-order valence-electron chi connectivity index (χ1n) is 5.45. The average Bonchev–Trinajstić information content (AvgIpc) is 2.14. The highest BCUT2D eigenvalue weighted by molar-refractivity contribution is 9.10. The van der Waals surface area contributed by atoms with Crippen molar-refractivity contribution in [2.45, 2.75) is 12.5 Å². The molecule has 3 heteroatoms. The van der Waals surface area contributed by atoms with Crippen molar-refractivity contribution in [2.24, 2.45) is 0 Å². The Morgan fingerprint density at radius 3 is 2.80 bits per heavy atom. The number of likely N-dealkylation sites (tertiary alicyclic amines) is 1. The van der Waals surface area contributed by atoms with Gasteiger partial charge in [0, 0.05) is 30.1 Å². The van der Waals surface area contributed by atoms with Gasteiger partial charge in [-0.05, 0) is 31.2 Å². The van der Waals surface area contributed by atoms with Gasteiger partial charge in [0.15, 0.2) is 0 Å². The van der Waals surface area contributed by atoms with E-state index in [2.05, 4.69) is 50.4 Å². The molecule has 1 N–H and O–H groups in total. The molecule has 1 heterocycles. The fourth-order valence-electron chi connectivity index (χ4n) is 2.02. The molecule has 1 unspecified atom stereocenters. The number of likely N-dealkylation sites (N-methyl/N-ethyl adjacent to an activating group) is 1.